The number of amides is 1. The molecule has 1 aliphatic rings. The molecule has 0 aromatic rings. The van der Waals surface area contributed by atoms with Crippen molar-refractivity contribution in [3.63, 3.8) is 0 Å². The van der Waals surface area contributed by atoms with Crippen molar-refractivity contribution in [2.24, 2.45) is 11.7 Å². The normalized spacial score (nSPS) is 26.1. The SMILES string of the molecule is CCCCC(N)C(=O)NC1CC1CCC. The monoisotopic (exact) mass is 212 g/mol. The predicted molar refractivity (Wildman–Crippen MR) is 62.4 cm³/mol. The third-order valence-electron chi connectivity index (χ3n) is 3.12. The Morgan fingerprint density at radius 1 is 1.47 bits per heavy atom. The zero-order valence-corrected chi connectivity index (χ0v) is 9.96. The van der Waals surface area contributed by atoms with E-state index in [4.69, 9.17) is 5.73 Å². The Labute approximate surface area is 92.8 Å². The summed E-state index contributed by atoms with van der Waals surface area (Å²) in [5, 5.41) is 3.03. The van der Waals surface area contributed by atoms with Crippen LogP contribution in [0.25, 0.3) is 0 Å². The maximum Gasteiger partial charge on any atom is 0.237 e. The van der Waals surface area contributed by atoms with Crippen LogP contribution in [0, 0.1) is 5.92 Å². The molecule has 0 aromatic heterocycles. The highest BCUT2D eigenvalue weighted by atomic mass is 16.2. The van der Waals surface area contributed by atoms with E-state index in [2.05, 4.69) is 19.2 Å². The maximum absolute atomic E-state index is 11.6. The van der Waals surface area contributed by atoms with Gasteiger partial charge in [0.1, 0.15) is 0 Å². The molecule has 3 atom stereocenters. The van der Waals surface area contributed by atoms with Gasteiger partial charge in [0.15, 0.2) is 0 Å². The lowest BCUT2D eigenvalue weighted by Gasteiger charge is -2.11. The summed E-state index contributed by atoms with van der Waals surface area (Å²) >= 11 is 0. The highest BCUT2D eigenvalue weighted by molar-refractivity contribution is 5.82. The lowest BCUT2D eigenvalue weighted by atomic mass is 10.1. The number of nitrogens with two attached hydrogens (primary N) is 1. The standard InChI is InChI=1S/C12H24N2O/c1-3-5-7-10(13)12(15)14-11-8-9(11)6-4-2/h9-11H,3-8,13H2,1-2H3,(H,14,15). The van der Waals surface area contributed by atoms with Gasteiger partial charge in [-0.25, -0.2) is 0 Å². The van der Waals surface area contributed by atoms with E-state index in [-0.39, 0.29) is 11.9 Å². The van der Waals surface area contributed by atoms with Gasteiger partial charge in [0.2, 0.25) is 5.91 Å². The molecule has 0 aromatic carbocycles. The maximum atomic E-state index is 11.6. The highest BCUT2D eigenvalue weighted by Crippen LogP contribution is 2.34. The zero-order chi connectivity index (χ0) is 11.3. The van der Waals surface area contributed by atoms with Gasteiger partial charge in [0.25, 0.3) is 0 Å². The molecule has 88 valence electrons. The van der Waals surface area contributed by atoms with E-state index in [9.17, 15) is 4.79 Å². The molecule has 1 saturated carbocycles. The van der Waals surface area contributed by atoms with E-state index >= 15 is 0 Å². The van der Waals surface area contributed by atoms with E-state index in [1.165, 1.54) is 12.8 Å². The summed E-state index contributed by atoms with van der Waals surface area (Å²) in [7, 11) is 0. The lowest BCUT2D eigenvalue weighted by molar-refractivity contribution is -0.122. The second-order valence-corrected chi connectivity index (χ2v) is 4.65. The molecule has 0 radical (unpaired) electrons. The second kappa shape index (κ2) is 6.11. The fourth-order valence-electron chi connectivity index (χ4n) is 1.96. The predicted octanol–water partition coefficient (Wildman–Crippen LogP) is 1.81. The molecule has 3 heteroatoms. The number of nitrogens with one attached hydrogen (secondary N) is 1. The van der Waals surface area contributed by atoms with Crippen LogP contribution in [0.4, 0.5) is 0 Å². The molecule has 0 heterocycles. The third-order valence-corrected chi connectivity index (χ3v) is 3.12. The van der Waals surface area contributed by atoms with Crippen LogP contribution in [-0.2, 0) is 4.79 Å². The molecule has 0 bridgehead atoms. The Hall–Kier alpha value is -0.570. The molecule has 1 rings (SSSR count). The first-order valence-corrected chi connectivity index (χ1v) is 6.25. The van der Waals surface area contributed by atoms with Gasteiger partial charge in [-0.3, -0.25) is 4.79 Å². The topological polar surface area (TPSA) is 55.1 Å². The number of unbranched alkanes of at least 4 members (excludes halogenated alkanes) is 1. The first kappa shape index (κ1) is 12.5. The number of hydrogen-bond donors (Lipinski definition) is 2. The zero-order valence-electron chi connectivity index (χ0n) is 9.96. The molecule has 1 fully saturated rings. The summed E-state index contributed by atoms with van der Waals surface area (Å²) in [6, 6.07) is 0.123. The van der Waals surface area contributed by atoms with Crippen molar-refractivity contribution in [2.75, 3.05) is 0 Å². The quantitative estimate of drug-likeness (QED) is 0.676. The Morgan fingerprint density at radius 3 is 2.80 bits per heavy atom. The van der Waals surface area contributed by atoms with E-state index < -0.39 is 0 Å². The first-order chi connectivity index (χ1) is 7.19. The van der Waals surface area contributed by atoms with E-state index in [0.29, 0.717) is 6.04 Å². The molecule has 0 saturated heterocycles. The summed E-state index contributed by atoms with van der Waals surface area (Å²) in [5.74, 6) is 0.768. The molecule has 1 amide bonds. The minimum absolute atomic E-state index is 0.0482. The molecular weight excluding hydrogens is 188 g/mol. The summed E-state index contributed by atoms with van der Waals surface area (Å²) in [6.07, 6.45) is 6.54. The molecule has 1 aliphatic carbocycles. The van der Waals surface area contributed by atoms with Gasteiger partial charge >= 0.3 is 0 Å². The molecular formula is C12H24N2O. The van der Waals surface area contributed by atoms with Crippen molar-refractivity contribution in [3.05, 3.63) is 0 Å². The Balaban J connectivity index is 2.13. The summed E-state index contributed by atoms with van der Waals surface area (Å²) < 4.78 is 0. The molecule has 3 N–H and O–H groups in total. The van der Waals surface area contributed by atoms with Gasteiger partial charge in [-0.05, 0) is 25.2 Å². The van der Waals surface area contributed by atoms with Crippen LogP contribution >= 0.6 is 0 Å². The van der Waals surface area contributed by atoms with Crippen LogP contribution in [0.3, 0.4) is 0 Å². The molecule has 15 heavy (non-hydrogen) atoms. The van der Waals surface area contributed by atoms with Crippen molar-refractivity contribution in [1.82, 2.24) is 5.32 Å². The highest BCUT2D eigenvalue weighted by Gasteiger charge is 2.37. The van der Waals surface area contributed by atoms with Gasteiger partial charge in [0.05, 0.1) is 6.04 Å². The molecule has 0 spiro atoms. The number of carbonyl (C=O) groups excluding carboxylic acids is 1. The second-order valence-electron chi connectivity index (χ2n) is 4.65. The fourth-order valence-corrected chi connectivity index (χ4v) is 1.96. The molecule has 0 aliphatic heterocycles. The Morgan fingerprint density at radius 2 is 2.20 bits per heavy atom. The largest absolute Gasteiger partial charge is 0.352 e. The summed E-state index contributed by atoms with van der Waals surface area (Å²) in [5.41, 5.74) is 5.79. The van der Waals surface area contributed by atoms with Gasteiger partial charge in [-0.15, -0.1) is 0 Å². The van der Waals surface area contributed by atoms with Crippen molar-refractivity contribution >= 4 is 5.91 Å². The van der Waals surface area contributed by atoms with E-state index in [1.807, 2.05) is 0 Å². The Kier molecular flexibility index (Phi) is 5.09. The van der Waals surface area contributed by atoms with Crippen LogP contribution in [0.5, 0.6) is 0 Å². The van der Waals surface area contributed by atoms with Crippen LogP contribution in [0.15, 0.2) is 0 Å². The van der Waals surface area contributed by atoms with Crippen LogP contribution < -0.4 is 11.1 Å². The average molecular weight is 212 g/mol. The lowest BCUT2D eigenvalue weighted by Crippen LogP contribution is -2.41. The van der Waals surface area contributed by atoms with Crippen molar-refractivity contribution in [2.45, 2.75) is 64.5 Å². The van der Waals surface area contributed by atoms with Gasteiger partial charge in [-0.1, -0.05) is 33.1 Å². The summed E-state index contributed by atoms with van der Waals surface area (Å²) in [6.45, 7) is 4.30. The number of hydrogen-bond acceptors (Lipinski definition) is 2. The van der Waals surface area contributed by atoms with Crippen LogP contribution in [0.2, 0.25) is 0 Å². The van der Waals surface area contributed by atoms with Crippen molar-refractivity contribution in [3.8, 4) is 0 Å². The van der Waals surface area contributed by atoms with Crippen LogP contribution in [-0.4, -0.2) is 18.0 Å². The van der Waals surface area contributed by atoms with E-state index in [1.54, 1.807) is 0 Å². The average Bonchev–Trinajstić information content (AvgIpc) is 2.93. The van der Waals surface area contributed by atoms with Crippen molar-refractivity contribution < 1.29 is 4.79 Å². The van der Waals surface area contributed by atoms with Gasteiger partial charge in [0, 0.05) is 6.04 Å². The van der Waals surface area contributed by atoms with E-state index in [0.717, 1.165) is 31.6 Å². The van der Waals surface area contributed by atoms with Crippen molar-refractivity contribution in [1.29, 1.82) is 0 Å². The first-order valence-electron chi connectivity index (χ1n) is 6.25. The smallest absolute Gasteiger partial charge is 0.237 e. The van der Waals surface area contributed by atoms with Gasteiger partial charge < -0.3 is 11.1 Å². The summed E-state index contributed by atoms with van der Waals surface area (Å²) in [4.78, 5) is 11.6. The van der Waals surface area contributed by atoms with Gasteiger partial charge in [-0.2, -0.15) is 0 Å². The third kappa shape index (κ3) is 4.20. The van der Waals surface area contributed by atoms with Crippen LogP contribution in [0.1, 0.15) is 52.4 Å². The minimum atomic E-state index is -0.298. The minimum Gasteiger partial charge on any atom is -0.352 e. The Bertz CT molecular complexity index is 206. The number of carbonyl (C=O) groups is 1. The fraction of sp³-hybridized carbons (Fsp3) is 0.917. The molecule has 3 nitrogen and oxygen atoms in total. The molecule has 3 unspecified atom stereocenters. The number of rotatable bonds is 7.